The van der Waals surface area contributed by atoms with Gasteiger partial charge in [0.1, 0.15) is 0 Å². The van der Waals surface area contributed by atoms with Crippen LogP contribution in [0.5, 0.6) is 0 Å². The smallest absolute Gasteiger partial charge is 0.213 e. The first kappa shape index (κ1) is 12.6. The SMILES string of the molecule is Cc1ccc(Cl)cn1.Cc1cccc(F)n1. The van der Waals surface area contributed by atoms with Crippen molar-refractivity contribution in [2.24, 2.45) is 0 Å². The average Bonchev–Trinajstić information content (AvgIpc) is 2.23. The lowest BCUT2D eigenvalue weighted by atomic mass is 10.4. The van der Waals surface area contributed by atoms with Gasteiger partial charge in [-0.2, -0.15) is 4.39 Å². The summed E-state index contributed by atoms with van der Waals surface area (Å²) in [4.78, 5) is 7.45. The van der Waals surface area contributed by atoms with E-state index in [1.54, 1.807) is 25.3 Å². The molecule has 2 rings (SSSR count). The summed E-state index contributed by atoms with van der Waals surface area (Å²) in [5.74, 6) is -0.412. The summed E-state index contributed by atoms with van der Waals surface area (Å²) >= 11 is 5.55. The summed E-state index contributed by atoms with van der Waals surface area (Å²) in [7, 11) is 0. The highest BCUT2D eigenvalue weighted by Gasteiger charge is 1.86. The first-order valence-electron chi connectivity index (χ1n) is 4.75. The van der Waals surface area contributed by atoms with Crippen LogP contribution in [-0.2, 0) is 0 Å². The van der Waals surface area contributed by atoms with E-state index in [9.17, 15) is 4.39 Å². The second kappa shape index (κ2) is 6.18. The van der Waals surface area contributed by atoms with Gasteiger partial charge in [-0.25, -0.2) is 4.98 Å². The Morgan fingerprint density at radius 2 is 1.81 bits per heavy atom. The number of aromatic nitrogens is 2. The molecule has 2 heterocycles. The average molecular weight is 239 g/mol. The fraction of sp³-hybridized carbons (Fsp3) is 0.167. The predicted octanol–water partition coefficient (Wildman–Crippen LogP) is 3.57. The van der Waals surface area contributed by atoms with Gasteiger partial charge in [0.2, 0.25) is 5.95 Å². The van der Waals surface area contributed by atoms with Crippen molar-refractivity contribution >= 4 is 11.6 Å². The first-order chi connectivity index (χ1) is 7.58. The Bertz CT molecular complexity index is 405. The lowest BCUT2D eigenvalue weighted by Crippen LogP contribution is -1.82. The molecule has 0 bridgehead atoms. The Kier molecular flexibility index (Phi) is 4.86. The van der Waals surface area contributed by atoms with Gasteiger partial charge in [0.05, 0.1) is 5.02 Å². The molecule has 2 nitrogen and oxygen atoms in total. The lowest BCUT2D eigenvalue weighted by Gasteiger charge is -1.87. The molecule has 2 aromatic rings. The molecule has 0 aliphatic heterocycles. The zero-order valence-electron chi connectivity index (χ0n) is 9.11. The Hall–Kier alpha value is -1.48. The molecule has 0 radical (unpaired) electrons. The molecule has 0 unspecified atom stereocenters. The summed E-state index contributed by atoms with van der Waals surface area (Å²) in [6.45, 7) is 3.68. The molecule has 0 aliphatic carbocycles. The van der Waals surface area contributed by atoms with E-state index in [1.165, 1.54) is 6.07 Å². The molecule has 0 saturated carbocycles. The van der Waals surface area contributed by atoms with Crippen LogP contribution in [0, 0.1) is 19.8 Å². The Balaban J connectivity index is 0.000000160. The van der Waals surface area contributed by atoms with E-state index in [0.717, 1.165) is 5.69 Å². The highest BCUT2D eigenvalue weighted by molar-refractivity contribution is 6.30. The lowest BCUT2D eigenvalue weighted by molar-refractivity contribution is 0.580. The minimum atomic E-state index is -0.412. The maximum Gasteiger partial charge on any atom is 0.213 e. The van der Waals surface area contributed by atoms with Crippen molar-refractivity contribution in [1.29, 1.82) is 0 Å². The number of aryl methyl sites for hydroxylation is 2. The fourth-order valence-corrected chi connectivity index (χ4v) is 1.07. The van der Waals surface area contributed by atoms with Crippen LogP contribution in [0.1, 0.15) is 11.4 Å². The highest BCUT2D eigenvalue weighted by atomic mass is 35.5. The standard InChI is InChI=1S/C6H6ClN.C6H6FN/c1-5-2-3-6(7)4-8-5;1-5-3-2-4-6(7)8-5/h2*2-4H,1H3. The third-order valence-corrected chi connectivity index (χ3v) is 1.95. The van der Waals surface area contributed by atoms with Crippen LogP contribution in [0.3, 0.4) is 0 Å². The maximum atomic E-state index is 12.1. The Morgan fingerprint density at radius 3 is 2.19 bits per heavy atom. The molecular weight excluding hydrogens is 227 g/mol. The largest absolute Gasteiger partial charge is 0.260 e. The highest BCUT2D eigenvalue weighted by Crippen LogP contribution is 2.04. The van der Waals surface area contributed by atoms with Gasteiger partial charge in [0.15, 0.2) is 0 Å². The predicted molar refractivity (Wildman–Crippen MR) is 62.9 cm³/mol. The molecule has 0 spiro atoms. The second-order valence-electron chi connectivity index (χ2n) is 3.22. The summed E-state index contributed by atoms with van der Waals surface area (Å²) in [5.41, 5.74) is 1.71. The van der Waals surface area contributed by atoms with E-state index < -0.39 is 5.95 Å². The molecule has 4 heteroatoms. The van der Waals surface area contributed by atoms with Crippen LogP contribution in [0.4, 0.5) is 4.39 Å². The molecule has 16 heavy (non-hydrogen) atoms. The van der Waals surface area contributed by atoms with Gasteiger partial charge >= 0.3 is 0 Å². The third-order valence-electron chi connectivity index (χ3n) is 1.73. The number of hydrogen-bond acceptors (Lipinski definition) is 2. The zero-order chi connectivity index (χ0) is 12.0. The molecular formula is C12H12ClFN2. The van der Waals surface area contributed by atoms with Crippen molar-refractivity contribution in [3.63, 3.8) is 0 Å². The molecule has 0 amide bonds. The monoisotopic (exact) mass is 238 g/mol. The number of halogens is 2. The van der Waals surface area contributed by atoms with Crippen molar-refractivity contribution < 1.29 is 4.39 Å². The summed E-state index contributed by atoms with van der Waals surface area (Å²) < 4.78 is 12.1. The molecule has 0 aromatic carbocycles. The van der Waals surface area contributed by atoms with E-state index in [2.05, 4.69) is 9.97 Å². The van der Waals surface area contributed by atoms with Gasteiger partial charge in [-0.1, -0.05) is 17.7 Å². The first-order valence-corrected chi connectivity index (χ1v) is 5.13. The van der Waals surface area contributed by atoms with Crippen LogP contribution in [-0.4, -0.2) is 9.97 Å². The van der Waals surface area contributed by atoms with Crippen molar-refractivity contribution in [3.8, 4) is 0 Å². The molecule has 0 saturated heterocycles. The quantitative estimate of drug-likeness (QED) is 0.656. The van der Waals surface area contributed by atoms with Gasteiger partial charge in [0, 0.05) is 17.6 Å². The summed E-state index contributed by atoms with van der Waals surface area (Å²) in [6.07, 6.45) is 1.64. The van der Waals surface area contributed by atoms with Crippen molar-refractivity contribution in [2.45, 2.75) is 13.8 Å². The van der Waals surface area contributed by atoms with Gasteiger partial charge in [-0.15, -0.1) is 0 Å². The van der Waals surface area contributed by atoms with E-state index in [0.29, 0.717) is 10.7 Å². The van der Waals surface area contributed by atoms with Crippen molar-refractivity contribution in [3.05, 3.63) is 58.9 Å². The molecule has 0 atom stereocenters. The Morgan fingerprint density at radius 1 is 1.06 bits per heavy atom. The fourth-order valence-electron chi connectivity index (χ4n) is 0.960. The normalized spacial score (nSPS) is 9.25. The van der Waals surface area contributed by atoms with Crippen molar-refractivity contribution in [1.82, 2.24) is 9.97 Å². The minimum Gasteiger partial charge on any atom is -0.260 e. The molecule has 84 valence electrons. The van der Waals surface area contributed by atoms with Crippen LogP contribution < -0.4 is 0 Å². The minimum absolute atomic E-state index is 0.412. The molecule has 0 fully saturated rings. The van der Waals surface area contributed by atoms with Crippen LogP contribution in [0.25, 0.3) is 0 Å². The van der Waals surface area contributed by atoms with Gasteiger partial charge in [-0.3, -0.25) is 4.98 Å². The van der Waals surface area contributed by atoms with E-state index in [-0.39, 0.29) is 0 Å². The van der Waals surface area contributed by atoms with Crippen LogP contribution in [0.2, 0.25) is 5.02 Å². The summed E-state index contributed by atoms with van der Waals surface area (Å²) in [5, 5.41) is 0.690. The van der Waals surface area contributed by atoms with E-state index >= 15 is 0 Å². The topological polar surface area (TPSA) is 25.8 Å². The molecule has 0 N–H and O–H groups in total. The van der Waals surface area contributed by atoms with Gasteiger partial charge in [-0.05, 0) is 38.1 Å². The zero-order valence-corrected chi connectivity index (χ0v) is 9.87. The van der Waals surface area contributed by atoms with Gasteiger partial charge < -0.3 is 0 Å². The van der Waals surface area contributed by atoms with Crippen LogP contribution in [0.15, 0.2) is 36.5 Å². The number of nitrogens with zero attached hydrogens (tertiary/aromatic N) is 2. The van der Waals surface area contributed by atoms with E-state index in [4.69, 9.17) is 11.6 Å². The molecule has 2 aromatic heterocycles. The van der Waals surface area contributed by atoms with Crippen molar-refractivity contribution in [2.75, 3.05) is 0 Å². The van der Waals surface area contributed by atoms with Gasteiger partial charge in [0.25, 0.3) is 0 Å². The molecule has 0 aliphatic rings. The number of pyridine rings is 2. The van der Waals surface area contributed by atoms with Crippen LogP contribution >= 0.6 is 11.6 Å². The third kappa shape index (κ3) is 4.84. The number of rotatable bonds is 0. The maximum absolute atomic E-state index is 12.1. The Labute approximate surface area is 99.1 Å². The van der Waals surface area contributed by atoms with E-state index in [1.807, 2.05) is 19.1 Å². The summed E-state index contributed by atoms with van der Waals surface area (Å²) in [6, 6.07) is 8.42. The second-order valence-corrected chi connectivity index (χ2v) is 3.66. The number of hydrogen-bond donors (Lipinski definition) is 0.